The molecule has 0 saturated heterocycles. The lowest BCUT2D eigenvalue weighted by Gasteiger charge is -2.09. The molecule has 1 aliphatic rings. The highest BCUT2D eigenvalue weighted by Crippen LogP contribution is 2.25. The Labute approximate surface area is 118 Å². The third-order valence-corrected chi connectivity index (χ3v) is 5.21. The second-order valence-corrected chi connectivity index (χ2v) is 7.18. The predicted molar refractivity (Wildman–Crippen MR) is 76.6 cm³/mol. The molecule has 2 aromatic rings. The first-order valence-electron chi connectivity index (χ1n) is 6.94. The van der Waals surface area contributed by atoms with Crippen LogP contribution in [0, 0.1) is 5.92 Å². The fourth-order valence-corrected chi connectivity index (χ4v) is 4.13. The van der Waals surface area contributed by atoms with Crippen molar-refractivity contribution in [1.82, 2.24) is 9.71 Å². The number of sulfonamides is 1. The van der Waals surface area contributed by atoms with Gasteiger partial charge in [-0.05, 0) is 30.9 Å². The van der Waals surface area contributed by atoms with Gasteiger partial charge in [0, 0.05) is 0 Å². The van der Waals surface area contributed by atoms with Crippen molar-refractivity contribution in [2.24, 2.45) is 5.92 Å². The molecule has 1 aliphatic carbocycles. The molecule has 0 radical (unpaired) electrons. The second kappa shape index (κ2) is 5.54. The lowest BCUT2D eigenvalue weighted by atomic mass is 10.1. The number of fused-ring (bicyclic) bond motifs is 1. The Morgan fingerprint density at radius 2 is 2.00 bits per heavy atom. The summed E-state index contributed by atoms with van der Waals surface area (Å²) in [7, 11) is -3.25. The van der Waals surface area contributed by atoms with Crippen molar-refractivity contribution in [1.29, 1.82) is 0 Å². The molecule has 0 amide bonds. The van der Waals surface area contributed by atoms with Crippen molar-refractivity contribution < 1.29 is 12.8 Å². The molecule has 0 spiro atoms. The molecule has 1 fully saturated rings. The maximum Gasteiger partial charge on any atom is 0.212 e. The van der Waals surface area contributed by atoms with E-state index in [4.69, 9.17) is 4.42 Å². The molecule has 20 heavy (non-hydrogen) atoms. The fourth-order valence-electron chi connectivity index (χ4n) is 2.71. The van der Waals surface area contributed by atoms with Gasteiger partial charge in [0.25, 0.3) is 0 Å². The van der Waals surface area contributed by atoms with Crippen molar-refractivity contribution in [2.45, 2.75) is 32.2 Å². The summed E-state index contributed by atoms with van der Waals surface area (Å²) in [5.74, 6) is 0.921. The molecule has 1 saturated carbocycles. The van der Waals surface area contributed by atoms with Gasteiger partial charge in [0.05, 0.1) is 12.3 Å². The van der Waals surface area contributed by atoms with Crippen molar-refractivity contribution in [2.75, 3.05) is 5.75 Å². The number of nitrogens with zero attached hydrogens (tertiary/aromatic N) is 1. The van der Waals surface area contributed by atoms with Crippen LogP contribution in [-0.2, 0) is 16.6 Å². The van der Waals surface area contributed by atoms with Crippen LogP contribution in [0.3, 0.4) is 0 Å². The lowest BCUT2D eigenvalue weighted by molar-refractivity contribution is 0.507. The molecule has 0 aliphatic heterocycles. The van der Waals surface area contributed by atoms with Crippen LogP contribution in [-0.4, -0.2) is 19.2 Å². The molecule has 1 aromatic heterocycles. The maximum absolute atomic E-state index is 12.0. The average molecular weight is 294 g/mol. The van der Waals surface area contributed by atoms with E-state index in [9.17, 15) is 8.42 Å². The van der Waals surface area contributed by atoms with Gasteiger partial charge < -0.3 is 4.42 Å². The molecule has 1 N–H and O–H groups in total. The Morgan fingerprint density at radius 1 is 1.25 bits per heavy atom. The minimum atomic E-state index is -3.25. The highest BCUT2D eigenvalue weighted by Gasteiger charge is 2.22. The summed E-state index contributed by atoms with van der Waals surface area (Å²) in [4.78, 5) is 4.25. The van der Waals surface area contributed by atoms with E-state index >= 15 is 0 Å². The lowest BCUT2D eigenvalue weighted by Crippen LogP contribution is -2.28. The summed E-state index contributed by atoms with van der Waals surface area (Å²) in [5, 5.41) is 0. The summed E-state index contributed by atoms with van der Waals surface area (Å²) in [6, 6.07) is 7.40. The Hall–Kier alpha value is -1.40. The van der Waals surface area contributed by atoms with Crippen molar-refractivity contribution in [3.63, 3.8) is 0 Å². The van der Waals surface area contributed by atoms with Crippen LogP contribution in [0.5, 0.6) is 0 Å². The number of para-hydroxylation sites is 2. The third kappa shape index (κ3) is 3.19. The van der Waals surface area contributed by atoms with Crippen LogP contribution in [0.1, 0.15) is 31.6 Å². The number of nitrogens with one attached hydrogen (secondary N) is 1. The Bertz CT molecular complexity index is 654. The molecule has 108 valence electrons. The van der Waals surface area contributed by atoms with E-state index in [1.165, 1.54) is 0 Å². The summed E-state index contributed by atoms with van der Waals surface area (Å²) in [6.45, 7) is 0.115. The second-order valence-electron chi connectivity index (χ2n) is 5.33. The predicted octanol–water partition coefficient (Wildman–Crippen LogP) is 2.44. The largest absolute Gasteiger partial charge is 0.439 e. The van der Waals surface area contributed by atoms with Crippen LogP contribution >= 0.6 is 0 Å². The molecular formula is C14H18N2O3S. The standard InChI is InChI=1S/C14H18N2O3S/c17-20(18,10-11-5-1-2-6-11)15-9-14-16-12-7-3-4-8-13(12)19-14/h3-4,7-8,11,15H,1-2,5-6,9-10H2. The summed E-state index contributed by atoms with van der Waals surface area (Å²) >= 11 is 0. The Balaban J connectivity index is 1.62. The van der Waals surface area contributed by atoms with E-state index < -0.39 is 10.0 Å². The number of rotatable bonds is 5. The van der Waals surface area contributed by atoms with E-state index in [0.29, 0.717) is 17.4 Å². The van der Waals surface area contributed by atoms with E-state index in [0.717, 1.165) is 31.2 Å². The van der Waals surface area contributed by atoms with Gasteiger partial charge in [0.15, 0.2) is 5.58 Å². The van der Waals surface area contributed by atoms with Gasteiger partial charge in [-0.2, -0.15) is 0 Å². The molecule has 0 unspecified atom stereocenters. The number of benzene rings is 1. The number of oxazole rings is 1. The number of aromatic nitrogens is 1. The zero-order valence-corrected chi connectivity index (χ0v) is 12.0. The highest BCUT2D eigenvalue weighted by molar-refractivity contribution is 7.89. The Kier molecular flexibility index (Phi) is 3.76. The highest BCUT2D eigenvalue weighted by atomic mass is 32.2. The van der Waals surface area contributed by atoms with Gasteiger partial charge in [-0.1, -0.05) is 25.0 Å². The number of hydrogen-bond donors (Lipinski definition) is 1. The fraction of sp³-hybridized carbons (Fsp3) is 0.500. The van der Waals surface area contributed by atoms with Crippen molar-refractivity contribution in [3.8, 4) is 0 Å². The number of hydrogen-bond acceptors (Lipinski definition) is 4. The van der Waals surface area contributed by atoms with E-state index in [2.05, 4.69) is 9.71 Å². The van der Waals surface area contributed by atoms with E-state index in [-0.39, 0.29) is 12.3 Å². The molecule has 6 heteroatoms. The molecule has 5 nitrogen and oxygen atoms in total. The zero-order valence-electron chi connectivity index (χ0n) is 11.2. The van der Waals surface area contributed by atoms with Crippen LogP contribution in [0.2, 0.25) is 0 Å². The van der Waals surface area contributed by atoms with E-state index in [1.807, 2.05) is 24.3 Å². The zero-order chi connectivity index (χ0) is 14.0. The first-order valence-corrected chi connectivity index (χ1v) is 8.59. The van der Waals surface area contributed by atoms with Gasteiger partial charge in [-0.25, -0.2) is 18.1 Å². The summed E-state index contributed by atoms with van der Waals surface area (Å²) in [5.41, 5.74) is 1.43. The smallest absolute Gasteiger partial charge is 0.212 e. The van der Waals surface area contributed by atoms with Crippen LogP contribution in [0.25, 0.3) is 11.1 Å². The topological polar surface area (TPSA) is 72.2 Å². The molecule has 0 bridgehead atoms. The quantitative estimate of drug-likeness (QED) is 0.919. The third-order valence-electron chi connectivity index (χ3n) is 3.71. The van der Waals surface area contributed by atoms with Crippen LogP contribution < -0.4 is 4.72 Å². The maximum atomic E-state index is 12.0. The average Bonchev–Trinajstić information content (AvgIpc) is 3.04. The van der Waals surface area contributed by atoms with Crippen molar-refractivity contribution >= 4 is 21.1 Å². The molecule has 3 rings (SSSR count). The SMILES string of the molecule is O=S(=O)(CC1CCCC1)NCc1nc2ccccc2o1. The van der Waals surface area contributed by atoms with Gasteiger partial charge in [0.1, 0.15) is 5.52 Å². The minimum absolute atomic E-state index is 0.115. The first kappa shape index (κ1) is 13.6. The summed E-state index contributed by atoms with van der Waals surface area (Å²) in [6.07, 6.45) is 4.32. The minimum Gasteiger partial charge on any atom is -0.439 e. The van der Waals surface area contributed by atoms with Crippen molar-refractivity contribution in [3.05, 3.63) is 30.2 Å². The van der Waals surface area contributed by atoms with Crippen LogP contribution in [0.15, 0.2) is 28.7 Å². The molecule has 0 atom stereocenters. The first-order chi connectivity index (χ1) is 9.62. The van der Waals surface area contributed by atoms with Gasteiger partial charge >= 0.3 is 0 Å². The van der Waals surface area contributed by atoms with Gasteiger partial charge in [-0.15, -0.1) is 0 Å². The monoisotopic (exact) mass is 294 g/mol. The molecular weight excluding hydrogens is 276 g/mol. The van der Waals surface area contributed by atoms with Gasteiger partial charge in [-0.3, -0.25) is 0 Å². The normalized spacial score (nSPS) is 17.0. The molecule has 1 heterocycles. The Morgan fingerprint density at radius 3 is 2.75 bits per heavy atom. The van der Waals surface area contributed by atoms with E-state index in [1.54, 1.807) is 0 Å². The van der Waals surface area contributed by atoms with Crippen LogP contribution in [0.4, 0.5) is 0 Å². The van der Waals surface area contributed by atoms with Gasteiger partial charge in [0.2, 0.25) is 15.9 Å². The summed E-state index contributed by atoms with van der Waals surface area (Å²) < 4.78 is 32.1. The molecule has 1 aromatic carbocycles.